The van der Waals surface area contributed by atoms with Gasteiger partial charge < -0.3 is 9.67 Å². The number of nitrogens with zero attached hydrogens (tertiary/aromatic N) is 2. The molecule has 0 spiro atoms. The number of carbonyl (C=O) groups is 2. The summed E-state index contributed by atoms with van der Waals surface area (Å²) in [5.41, 5.74) is 1.77. The summed E-state index contributed by atoms with van der Waals surface area (Å²) in [6, 6.07) is 11.6. The van der Waals surface area contributed by atoms with E-state index >= 15 is 0 Å². The average Bonchev–Trinajstić information content (AvgIpc) is 2.79. The van der Waals surface area contributed by atoms with Gasteiger partial charge in [0.25, 0.3) is 5.91 Å². The third-order valence-electron chi connectivity index (χ3n) is 3.74. The van der Waals surface area contributed by atoms with Gasteiger partial charge in [-0.3, -0.25) is 4.79 Å². The molecule has 2 amide bonds. The van der Waals surface area contributed by atoms with Crippen LogP contribution in [0.15, 0.2) is 45.3 Å². The second kappa shape index (κ2) is 5.98. The van der Waals surface area contributed by atoms with Crippen LogP contribution in [0.3, 0.4) is 0 Å². The van der Waals surface area contributed by atoms with Crippen molar-refractivity contribution < 1.29 is 14.7 Å². The van der Waals surface area contributed by atoms with Crippen molar-refractivity contribution in [1.29, 1.82) is 0 Å². The highest BCUT2D eigenvalue weighted by molar-refractivity contribution is 9.10. The molecule has 0 atom stereocenters. The fourth-order valence-corrected chi connectivity index (χ4v) is 3.29. The molecule has 7 heteroatoms. The van der Waals surface area contributed by atoms with Gasteiger partial charge in [0.1, 0.15) is 6.54 Å². The number of hydrogen-bond acceptors (Lipinski definition) is 2. The number of halogens is 2. The minimum absolute atomic E-state index is 0.0357. The summed E-state index contributed by atoms with van der Waals surface area (Å²) in [5.74, 6) is -0.484. The van der Waals surface area contributed by atoms with Crippen LogP contribution in [0.5, 0.6) is 0 Å². The number of rotatable bonds is 2. The van der Waals surface area contributed by atoms with Crippen molar-refractivity contribution in [3.8, 4) is 0 Å². The first-order valence-corrected chi connectivity index (χ1v) is 8.33. The molecule has 0 saturated carbocycles. The SMILES string of the molecule is CN(C(=O)O)C(=O)Cn1c2ccc(Br)cc2c2cc(Br)ccc21. The molecule has 0 aliphatic heterocycles. The lowest BCUT2D eigenvalue weighted by molar-refractivity contribution is -0.128. The first kappa shape index (κ1) is 16.0. The highest BCUT2D eigenvalue weighted by atomic mass is 79.9. The molecule has 2 aromatic carbocycles. The number of imide groups is 1. The fourth-order valence-electron chi connectivity index (χ4n) is 2.57. The smallest absolute Gasteiger partial charge is 0.413 e. The Hall–Kier alpha value is -1.86. The molecular weight excluding hydrogens is 428 g/mol. The second-order valence-corrected chi connectivity index (χ2v) is 6.98. The minimum Gasteiger partial charge on any atom is -0.465 e. The molecule has 3 rings (SSSR count). The molecule has 0 bridgehead atoms. The number of carbonyl (C=O) groups excluding carboxylic acids is 1. The van der Waals surface area contributed by atoms with Gasteiger partial charge in [-0.15, -0.1) is 0 Å². The number of benzene rings is 2. The van der Waals surface area contributed by atoms with Crippen LogP contribution in [-0.2, 0) is 11.3 Å². The van der Waals surface area contributed by atoms with Gasteiger partial charge in [-0.05, 0) is 36.4 Å². The third kappa shape index (κ3) is 2.86. The lowest BCUT2D eigenvalue weighted by atomic mass is 10.2. The second-order valence-electron chi connectivity index (χ2n) is 5.14. The maximum absolute atomic E-state index is 12.2. The Bertz CT molecular complexity index is 890. The van der Waals surface area contributed by atoms with Crippen molar-refractivity contribution in [3.05, 3.63) is 45.3 Å². The molecule has 23 heavy (non-hydrogen) atoms. The molecular formula is C16H12Br2N2O3. The van der Waals surface area contributed by atoms with E-state index < -0.39 is 12.0 Å². The van der Waals surface area contributed by atoms with Crippen LogP contribution >= 0.6 is 31.9 Å². The molecule has 1 aromatic heterocycles. The Morgan fingerprint density at radius 3 is 1.96 bits per heavy atom. The van der Waals surface area contributed by atoms with Gasteiger partial charge in [0.05, 0.1) is 0 Å². The zero-order valence-corrected chi connectivity index (χ0v) is 15.3. The first-order valence-electron chi connectivity index (χ1n) is 6.75. The van der Waals surface area contributed by atoms with Crippen LogP contribution in [0.1, 0.15) is 0 Å². The minimum atomic E-state index is -1.26. The van der Waals surface area contributed by atoms with Crippen LogP contribution in [0.25, 0.3) is 21.8 Å². The number of fused-ring (bicyclic) bond motifs is 3. The number of aromatic nitrogens is 1. The highest BCUT2D eigenvalue weighted by Crippen LogP contribution is 2.33. The third-order valence-corrected chi connectivity index (χ3v) is 4.73. The molecule has 0 aliphatic rings. The summed E-state index contributed by atoms with van der Waals surface area (Å²) >= 11 is 6.93. The largest absolute Gasteiger partial charge is 0.465 e. The monoisotopic (exact) mass is 438 g/mol. The van der Waals surface area contributed by atoms with E-state index in [2.05, 4.69) is 31.9 Å². The summed E-state index contributed by atoms with van der Waals surface area (Å²) in [4.78, 5) is 23.9. The lowest BCUT2D eigenvalue weighted by Crippen LogP contribution is -2.34. The first-order chi connectivity index (χ1) is 10.9. The van der Waals surface area contributed by atoms with Crippen LogP contribution in [0, 0.1) is 0 Å². The average molecular weight is 440 g/mol. The van der Waals surface area contributed by atoms with Crippen molar-refractivity contribution in [1.82, 2.24) is 9.47 Å². The molecule has 0 radical (unpaired) electrons. The summed E-state index contributed by atoms with van der Waals surface area (Å²) in [6.45, 7) is -0.0357. The summed E-state index contributed by atoms with van der Waals surface area (Å²) < 4.78 is 3.72. The number of carboxylic acid groups (broad SMARTS) is 1. The maximum Gasteiger partial charge on any atom is 0.413 e. The quantitative estimate of drug-likeness (QED) is 0.641. The van der Waals surface area contributed by atoms with Gasteiger partial charge in [-0.2, -0.15) is 0 Å². The lowest BCUT2D eigenvalue weighted by Gasteiger charge is -2.13. The van der Waals surface area contributed by atoms with Gasteiger partial charge in [0, 0.05) is 37.8 Å². The molecule has 0 aliphatic carbocycles. The van der Waals surface area contributed by atoms with E-state index in [0.29, 0.717) is 4.90 Å². The molecule has 118 valence electrons. The van der Waals surface area contributed by atoms with Crippen LogP contribution in [0.4, 0.5) is 4.79 Å². The van der Waals surface area contributed by atoms with Gasteiger partial charge in [-0.1, -0.05) is 31.9 Å². The Labute approximate surface area is 148 Å². The van der Waals surface area contributed by atoms with E-state index in [1.54, 1.807) is 0 Å². The van der Waals surface area contributed by atoms with Crippen LogP contribution in [0.2, 0.25) is 0 Å². The molecule has 0 fully saturated rings. The van der Waals surface area contributed by atoms with Gasteiger partial charge in [0.2, 0.25) is 0 Å². The van der Waals surface area contributed by atoms with Crippen molar-refractivity contribution in [2.75, 3.05) is 7.05 Å². The van der Waals surface area contributed by atoms with Crippen LogP contribution in [-0.4, -0.2) is 33.6 Å². The molecule has 1 N–H and O–H groups in total. The zero-order valence-electron chi connectivity index (χ0n) is 12.1. The maximum atomic E-state index is 12.2. The predicted octanol–water partition coefficient (Wildman–Crippen LogP) is 4.46. The molecule has 5 nitrogen and oxygen atoms in total. The summed E-state index contributed by atoms with van der Waals surface area (Å²) in [5, 5.41) is 11.0. The number of amides is 2. The van der Waals surface area contributed by atoms with Crippen molar-refractivity contribution in [3.63, 3.8) is 0 Å². The van der Waals surface area contributed by atoms with E-state index in [-0.39, 0.29) is 6.54 Å². The van der Waals surface area contributed by atoms with E-state index in [9.17, 15) is 9.59 Å². The van der Waals surface area contributed by atoms with Gasteiger partial charge in [-0.25, -0.2) is 9.69 Å². The molecule has 0 unspecified atom stereocenters. The number of likely N-dealkylation sites (N-methyl/N-ethyl adjacent to an activating group) is 1. The fraction of sp³-hybridized carbons (Fsp3) is 0.125. The Morgan fingerprint density at radius 1 is 1.04 bits per heavy atom. The highest BCUT2D eigenvalue weighted by Gasteiger charge is 2.19. The van der Waals surface area contributed by atoms with Crippen molar-refractivity contribution in [2.24, 2.45) is 0 Å². The summed E-state index contributed by atoms with van der Waals surface area (Å²) in [7, 11) is 1.26. The van der Waals surface area contributed by atoms with E-state index in [0.717, 1.165) is 30.8 Å². The van der Waals surface area contributed by atoms with E-state index in [4.69, 9.17) is 5.11 Å². The van der Waals surface area contributed by atoms with Gasteiger partial charge >= 0.3 is 6.09 Å². The zero-order chi connectivity index (χ0) is 16.7. The van der Waals surface area contributed by atoms with Gasteiger partial charge in [0.15, 0.2) is 0 Å². The molecule has 1 heterocycles. The van der Waals surface area contributed by atoms with E-state index in [1.807, 2.05) is 41.0 Å². The number of hydrogen-bond donors (Lipinski definition) is 1. The summed E-state index contributed by atoms with van der Waals surface area (Å²) in [6.07, 6.45) is -1.26. The molecule has 0 saturated heterocycles. The topological polar surface area (TPSA) is 62.5 Å². The molecule has 3 aromatic rings. The Kier molecular flexibility index (Phi) is 4.16. The Morgan fingerprint density at radius 2 is 1.52 bits per heavy atom. The van der Waals surface area contributed by atoms with E-state index in [1.165, 1.54) is 7.05 Å². The van der Waals surface area contributed by atoms with Crippen LogP contribution < -0.4 is 0 Å². The normalized spacial score (nSPS) is 11.1. The standard InChI is InChI=1S/C16H12Br2N2O3/c1-19(16(22)23)15(21)8-20-13-4-2-9(17)6-11(13)12-7-10(18)3-5-14(12)20/h2-7H,8H2,1H3,(H,22,23). The van der Waals surface area contributed by atoms with Crippen molar-refractivity contribution in [2.45, 2.75) is 6.54 Å². The predicted molar refractivity (Wildman–Crippen MR) is 95.6 cm³/mol. The Balaban J connectivity index is 2.22. The van der Waals surface area contributed by atoms with Crippen molar-refractivity contribution >= 4 is 65.7 Å².